The fraction of sp³-hybridized carbons (Fsp3) is 0.467. The molecule has 3 saturated carbocycles. The number of hydrogen-bond acceptors (Lipinski definition) is 7. The number of phosphoric acid groups is 1. The van der Waals surface area contributed by atoms with Gasteiger partial charge in [0.15, 0.2) is 0 Å². The average molecular weight is 1340 g/mol. The summed E-state index contributed by atoms with van der Waals surface area (Å²) in [4.78, 5) is 0. The standard InChI is InChI=1S/C90H111O7P/c1-67(70-40-25-16-26-41-70)88-58-55-82(91)79(88)64-76(85(88)73-46-31-19-32-47-73)52-22-10-4-7-13-37-61-95-98(94,96-62-38-14-8-5-11-23-53-77-65-80-83(92)56-59-89(80,68(2)71-42-27-17-28-43-71)86(77)74-48-33-20-34-49-74)97-63-39-15-9-6-12-24-54-78-66-81-84(93)57-60-90(81,69(3)72-44-29-18-30-45-72)87(78)75-50-35-21-36-51-75/h16-21,25-36,40-51,79-84,91-93H,1-15,22-24,37-39,52-66H2. The van der Waals surface area contributed by atoms with Crippen LogP contribution in [-0.4, -0.2) is 53.5 Å². The Labute approximate surface area is 588 Å². The molecule has 3 fully saturated rings. The molecule has 7 nitrogen and oxygen atoms in total. The summed E-state index contributed by atoms with van der Waals surface area (Å²) in [6.07, 6.45) is 28.7. The van der Waals surface area contributed by atoms with Gasteiger partial charge in [0.2, 0.25) is 0 Å². The first-order valence-electron chi connectivity index (χ1n) is 38.1. The third-order valence-electron chi connectivity index (χ3n) is 24.1. The van der Waals surface area contributed by atoms with Gasteiger partial charge in [-0.2, -0.15) is 0 Å². The smallest absolute Gasteiger partial charge is 0.393 e. The molecule has 518 valence electrons. The van der Waals surface area contributed by atoms with Crippen molar-refractivity contribution >= 4 is 41.3 Å². The number of aliphatic hydroxyl groups excluding tert-OH is 3. The third kappa shape index (κ3) is 15.6. The maximum absolute atomic E-state index is 14.5. The monoisotopic (exact) mass is 1330 g/mol. The minimum absolute atomic E-state index is 0.147. The van der Waals surface area contributed by atoms with E-state index in [9.17, 15) is 19.9 Å². The summed E-state index contributed by atoms with van der Waals surface area (Å²) >= 11 is 0. The number of hydrogen-bond donors (Lipinski definition) is 3. The highest BCUT2D eigenvalue weighted by Gasteiger charge is 2.59. The quantitative estimate of drug-likeness (QED) is 0.0261. The largest absolute Gasteiger partial charge is 0.474 e. The van der Waals surface area contributed by atoms with Gasteiger partial charge in [-0.1, -0.05) is 295 Å². The van der Waals surface area contributed by atoms with Gasteiger partial charge < -0.3 is 15.3 Å². The summed E-state index contributed by atoms with van der Waals surface area (Å²) < 4.78 is 33.0. The molecule has 0 heterocycles. The molecule has 6 aromatic rings. The van der Waals surface area contributed by atoms with Gasteiger partial charge in [0.25, 0.3) is 0 Å². The van der Waals surface area contributed by atoms with Gasteiger partial charge in [-0.15, -0.1) is 0 Å². The second-order valence-corrected chi connectivity index (χ2v) is 31.5. The van der Waals surface area contributed by atoms with Gasteiger partial charge in [-0.25, -0.2) is 4.57 Å². The van der Waals surface area contributed by atoms with Crippen LogP contribution in [0.1, 0.15) is 226 Å². The molecule has 0 saturated heterocycles. The molecule has 9 unspecified atom stereocenters. The number of rotatable bonds is 39. The van der Waals surface area contributed by atoms with E-state index in [0.717, 1.165) is 209 Å². The fourth-order valence-electron chi connectivity index (χ4n) is 19.4. The molecule has 12 rings (SSSR count). The van der Waals surface area contributed by atoms with Gasteiger partial charge >= 0.3 is 7.82 Å². The maximum atomic E-state index is 14.5. The number of allylic oxidation sites excluding steroid dienone is 9. The lowest BCUT2D eigenvalue weighted by Gasteiger charge is -2.37. The Morgan fingerprint density at radius 1 is 0.337 bits per heavy atom. The molecule has 9 atom stereocenters. The Morgan fingerprint density at radius 3 is 0.816 bits per heavy atom. The zero-order valence-corrected chi connectivity index (χ0v) is 59.6. The van der Waals surface area contributed by atoms with Crippen LogP contribution in [0.2, 0.25) is 0 Å². The highest BCUT2D eigenvalue weighted by atomic mass is 31.2. The summed E-state index contributed by atoms with van der Waals surface area (Å²) in [7, 11) is -3.77. The molecular formula is C90H111O7P. The molecule has 6 aliphatic carbocycles. The van der Waals surface area contributed by atoms with Crippen molar-refractivity contribution in [1.82, 2.24) is 0 Å². The molecule has 98 heavy (non-hydrogen) atoms. The highest BCUT2D eigenvalue weighted by molar-refractivity contribution is 7.48. The number of aliphatic hydroxyl groups is 3. The van der Waals surface area contributed by atoms with Crippen molar-refractivity contribution in [3.05, 3.63) is 252 Å². The Kier molecular flexibility index (Phi) is 24.8. The van der Waals surface area contributed by atoms with Gasteiger partial charge in [0.1, 0.15) is 0 Å². The third-order valence-corrected chi connectivity index (χ3v) is 25.6. The molecule has 0 radical (unpaired) electrons. The molecule has 0 aliphatic heterocycles. The molecular weight excluding hydrogens is 1220 g/mol. The normalized spacial score (nSPS) is 25.5. The Bertz CT molecular complexity index is 3340. The summed E-state index contributed by atoms with van der Waals surface area (Å²) in [6, 6.07) is 64.6. The van der Waals surface area contributed by atoms with Crippen molar-refractivity contribution in [3.63, 3.8) is 0 Å². The van der Waals surface area contributed by atoms with Crippen molar-refractivity contribution in [3.8, 4) is 0 Å². The summed E-state index contributed by atoms with van der Waals surface area (Å²) in [5.41, 5.74) is 18.7. The molecule has 3 N–H and O–H groups in total. The minimum atomic E-state index is -3.77. The number of benzene rings is 6. The predicted octanol–water partition coefficient (Wildman–Crippen LogP) is 23.3. The molecule has 0 bridgehead atoms. The van der Waals surface area contributed by atoms with E-state index < -0.39 is 7.82 Å². The second-order valence-electron chi connectivity index (χ2n) is 29.8. The van der Waals surface area contributed by atoms with Crippen LogP contribution in [0.15, 0.2) is 218 Å². The number of unbranched alkanes of at least 4 members (excludes halogenated alkanes) is 15. The molecule has 0 aromatic heterocycles. The van der Waals surface area contributed by atoms with E-state index in [-0.39, 0.29) is 52.3 Å². The molecule has 6 aromatic carbocycles. The van der Waals surface area contributed by atoms with Crippen LogP contribution in [0.4, 0.5) is 0 Å². The van der Waals surface area contributed by atoms with Gasteiger partial charge in [0.05, 0.1) is 38.1 Å². The topological polar surface area (TPSA) is 105 Å². The zero-order chi connectivity index (χ0) is 67.8. The lowest BCUT2D eigenvalue weighted by molar-refractivity contribution is 0.108. The maximum Gasteiger partial charge on any atom is 0.474 e. The van der Waals surface area contributed by atoms with E-state index in [1.54, 1.807) is 0 Å². The van der Waals surface area contributed by atoms with Crippen LogP contribution < -0.4 is 0 Å². The first-order valence-corrected chi connectivity index (χ1v) is 39.6. The predicted molar refractivity (Wildman–Crippen MR) is 406 cm³/mol. The van der Waals surface area contributed by atoms with Crippen LogP contribution in [-0.2, 0) is 18.1 Å². The van der Waals surface area contributed by atoms with E-state index in [0.29, 0.717) is 19.8 Å². The summed E-state index contributed by atoms with van der Waals surface area (Å²) in [6.45, 7) is 15.4. The van der Waals surface area contributed by atoms with Crippen LogP contribution in [0.25, 0.3) is 33.4 Å². The lowest BCUT2D eigenvalue weighted by Crippen LogP contribution is -2.29. The fourth-order valence-corrected chi connectivity index (χ4v) is 20.7. The van der Waals surface area contributed by atoms with Crippen molar-refractivity contribution in [2.45, 2.75) is 211 Å². The van der Waals surface area contributed by atoms with Gasteiger partial charge in [0, 0.05) is 34.0 Å². The van der Waals surface area contributed by atoms with Crippen molar-refractivity contribution < 1.29 is 33.5 Å². The Morgan fingerprint density at radius 2 is 0.561 bits per heavy atom. The van der Waals surface area contributed by atoms with Gasteiger partial charge in [-0.05, 0) is 182 Å². The minimum Gasteiger partial charge on any atom is -0.393 e. The van der Waals surface area contributed by atoms with E-state index in [1.165, 1.54) is 66.8 Å². The Balaban J connectivity index is 0.611. The molecule has 8 heteroatoms. The SMILES string of the molecule is C=C(c1ccccc1)C12CCC(O)C1CC(CCCCCCCCOP(=O)(OCCCCCCCCC1=C(c3ccccc3)C3(C(=C)c4ccccc4)CCC(O)C3C1)OCCCCCCCCC1=C(c3ccccc3)C3(C(=C)c4ccccc4)CCC(O)C3C1)=C2c1ccccc1. The molecule has 0 spiro atoms. The zero-order valence-electron chi connectivity index (χ0n) is 58.7. The van der Waals surface area contributed by atoms with Crippen molar-refractivity contribution in [2.75, 3.05) is 19.8 Å². The second kappa shape index (κ2) is 33.9. The summed E-state index contributed by atoms with van der Waals surface area (Å²) in [5, 5.41) is 34.5. The van der Waals surface area contributed by atoms with Crippen LogP contribution in [0.5, 0.6) is 0 Å². The average Bonchev–Trinajstić information content (AvgIpc) is 1.58. The van der Waals surface area contributed by atoms with E-state index >= 15 is 0 Å². The van der Waals surface area contributed by atoms with E-state index in [2.05, 4.69) is 182 Å². The van der Waals surface area contributed by atoms with Crippen LogP contribution >= 0.6 is 7.82 Å². The van der Waals surface area contributed by atoms with Gasteiger partial charge in [-0.3, -0.25) is 13.6 Å². The first kappa shape index (κ1) is 71.6. The van der Waals surface area contributed by atoms with Crippen LogP contribution in [0, 0.1) is 34.0 Å². The van der Waals surface area contributed by atoms with Crippen molar-refractivity contribution in [2.24, 2.45) is 34.0 Å². The number of phosphoric ester groups is 1. The van der Waals surface area contributed by atoms with Crippen molar-refractivity contribution in [1.29, 1.82) is 0 Å². The van der Waals surface area contributed by atoms with E-state index in [4.69, 9.17) is 33.3 Å². The molecule has 0 amide bonds. The highest BCUT2D eigenvalue weighted by Crippen LogP contribution is 2.69. The molecule has 6 aliphatic rings. The van der Waals surface area contributed by atoms with E-state index in [1.807, 2.05) is 0 Å². The summed E-state index contributed by atoms with van der Waals surface area (Å²) in [5.74, 6) is 0.440. The van der Waals surface area contributed by atoms with Crippen LogP contribution in [0.3, 0.4) is 0 Å². The first-order chi connectivity index (χ1) is 48.0. The Hall–Kier alpha value is -6.25. The lowest BCUT2D eigenvalue weighted by atomic mass is 9.66. The number of fused-ring (bicyclic) bond motifs is 3.